The van der Waals surface area contributed by atoms with Gasteiger partial charge in [0.1, 0.15) is 5.82 Å². The van der Waals surface area contributed by atoms with Gasteiger partial charge in [-0.15, -0.1) is 11.6 Å². The molecule has 0 bridgehead atoms. The number of aryl methyl sites for hydroxylation is 3. The minimum Gasteiger partial charge on any atom is -0.207 e. The van der Waals surface area contributed by atoms with E-state index < -0.39 is 0 Å². The summed E-state index contributed by atoms with van der Waals surface area (Å²) in [5.74, 6) is -0.222. The van der Waals surface area contributed by atoms with Gasteiger partial charge < -0.3 is 0 Å². The maximum Gasteiger partial charge on any atom is 0.123 e. The van der Waals surface area contributed by atoms with Gasteiger partial charge in [-0.25, -0.2) is 4.39 Å². The van der Waals surface area contributed by atoms with Crippen molar-refractivity contribution in [3.05, 3.63) is 70.0 Å². The third-order valence-corrected chi connectivity index (χ3v) is 3.67. The van der Waals surface area contributed by atoms with E-state index in [9.17, 15) is 4.39 Å². The second-order valence-electron chi connectivity index (χ2n) is 4.72. The maximum atomic E-state index is 13.1. The van der Waals surface area contributed by atoms with Crippen LogP contribution in [-0.4, -0.2) is 0 Å². The topological polar surface area (TPSA) is 0 Å². The molecule has 0 aliphatic heterocycles. The van der Waals surface area contributed by atoms with E-state index in [1.807, 2.05) is 13.0 Å². The zero-order valence-electron chi connectivity index (χ0n) is 10.8. The van der Waals surface area contributed by atoms with E-state index in [2.05, 4.69) is 26.0 Å². The molecule has 0 radical (unpaired) electrons. The molecule has 0 saturated heterocycles. The molecule has 18 heavy (non-hydrogen) atoms. The Morgan fingerprint density at radius 1 is 0.889 bits per heavy atom. The first-order chi connectivity index (χ1) is 8.49. The maximum absolute atomic E-state index is 13.1. The first-order valence-electron chi connectivity index (χ1n) is 5.96. The van der Waals surface area contributed by atoms with Crippen LogP contribution < -0.4 is 0 Å². The summed E-state index contributed by atoms with van der Waals surface area (Å²) in [4.78, 5) is 0. The lowest BCUT2D eigenvalue weighted by molar-refractivity contribution is 0.625. The molecule has 0 heterocycles. The Labute approximate surface area is 112 Å². The van der Waals surface area contributed by atoms with Crippen LogP contribution in [0.1, 0.15) is 33.2 Å². The number of benzene rings is 2. The van der Waals surface area contributed by atoms with Gasteiger partial charge in [0.2, 0.25) is 0 Å². The van der Waals surface area contributed by atoms with Crippen LogP contribution in [0.15, 0.2) is 36.4 Å². The zero-order valence-corrected chi connectivity index (χ0v) is 11.6. The summed E-state index contributed by atoms with van der Waals surface area (Å²) in [5.41, 5.74) is 5.31. The van der Waals surface area contributed by atoms with Crippen LogP contribution in [0.25, 0.3) is 0 Å². The smallest absolute Gasteiger partial charge is 0.123 e. The fraction of sp³-hybridized carbons (Fsp3) is 0.250. The summed E-state index contributed by atoms with van der Waals surface area (Å²) >= 11 is 6.52. The predicted molar refractivity (Wildman–Crippen MR) is 74.7 cm³/mol. The Kier molecular flexibility index (Phi) is 3.72. The van der Waals surface area contributed by atoms with E-state index in [0.29, 0.717) is 0 Å². The lowest BCUT2D eigenvalue weighted by atomic mass is 9.96. The lowest BCUT2D eigenvalue weighted by Gasteiger charge is -2.16. The van der Waals surface area contributed by atoms with Crippen LogP contribution in [0, 0.1) is 26.6 Å². The van der Waals surface area contributed by atoms with Crippen molar-refractivity contribution < 1.29 is 4.39 Å². The molecular weight excluding hydrogens is 247 g/mol. The molecule has 1 unspecified atom stereocenters. The molecule has 0 amide bonds. The van der Waals surface area contributed by atoms with Crippen LogP contribution in [0.4, 0.5) is 4.39 Å². The van der Waals surface area contributed by atoms with Gasteiger partial charge in [-0.05, 0) is 55.2 Å². The third kappa shape index (κ3) is 2.56. The molecule has 0 saturated carbocycles. The highest BCUT2D eigenvalue weighted by atomic mass is 35.5. The van der Waals surface area contributed by atoms with Crippen molar-refractivity contribution in [2.75, 3.05) is 0 Å². The van der Waals surface area contributed by atoms with Gasteiger partial charge in [-0.1, -0.05) is 29.8 Å². The first kappa shape index (κ1) is 13.1. The molecule has 0 spiro atoms. The highest BCUT2D eigenvalue weighted by molar-refractivity contribution is 6.22. The second-order valence-corrected chi connectivity index (χ2v) is 5.16. The van der Waals surface area contributed by atoms with Crippen molar-refractivity contribution in [2.45, 2.75) is 26.1 Å². The minimum atomic E-state index is -0.230. The number of rotatable bonds is 2. The van der Waals surface area contributed by atoms with Crippen molar-refractivity contribution in [1.29, 1.82) is 0 Å². The van der Waals surface area contributed by atoms with Crippen LogP contribution >= 0.6 is 11.6 Å². The van der Waals surface area contributed by atoms with E-state index in [1.54, 1.807) is 6.07 Å². The summed E-state index contributed by atoms with van der Waals surface area (Å²) in [6.07, 6.45) is 0. The van der Waals surface area contributed by atoms with Gasteiger partial charge in [0.25, 0.3) is 0 Å². The van der Waals surface area contributed by atoms with Crippen molar-refractivity contribution in [3.63, 3.8) is 0 Å². The molecule has 2 heteroatoms. The zero-order chi connectivity index (χ0) is 13.3. The normalized spacial score (nSPS) is 12.5. The minimum absolute atomic E-state index is 0.222. The quantitative estimate of drug-likeness (QED) is 0.662. The molecule has 0 aliphatic rings. The van der Waals surface area contributed by atoms with Crippen molar-refractivity contribution >= 4 is 11.6 Å². The summed E-state index contributed by atoms with van der Waals surface area (Å²) in [6, 6.07) is 11.0. The van der Waals surface area contributed by atoms with E-state index >= 15 is 0 Å². The molecule has 2 rings (SSSR count). The van der Waals surface area contributed by atoms with Gasteiger partial charge >= 0.3 is 0 Å². The molecule has 0 aliphatic carbocycles. The Morgan fingerprint density at radius 3 is 2.00 bits per heavy atom. The van der Waals surface area contributed by atoms with Crippen LogP contribution in [0.5, 0.6) is 0 Å². The molecule has 2 aromatic carbocycles. The Bertz CT molecular complexity index is 524. The highest BCUT2D eigenvalue weighted by Crippen LogP contribution is 2.33. The molecule has 0 fully saturated rings. The monoisotopic (exact) mass is 262 g/mol. The van der Waals surface area contributed by atoms with Crippen molar-refractivity contribution in [3.8, 4) is 0 Å². The predicted octanol–water partition coefficient (Wildman–Crippen LogP) is 5.08. The van der Waals surface area contributed by atoms with E-state index in [-0.39, 0.29) is 11.2 Å². The SMILES string of the molecule is Cc1ccc(C(Cl)c2ccc(F)cc2C)c(C)c1. The molecule has 0 aromatic heterocycles. The summed E-state index contributed by atoms with van der Waals surface area (Å²) < 4.78 is 13.1. The van der Waals surface area contributed by atoms with E-state index in [4.69, 9.17) is 11.6 Å². The largest absolute Gasteiger partial charge is 0.207 e. The van der Waals surface area contributed by atoms with Crippen molar-refractivity contribution in [2.24, 2.45) is 0 Å². The molecule has 1 atom stereocenters. The summed E-state index contributed by atoms with van der Waals surface area (Å²) in [6.45, 7) is 6.00. The fourth-order valence-electron chi connectivity index (χ4n) is 2.20. The second kappa shape index (κ2) is 5.11. The Morgan fingerprint density at radius 2 is 1.44 bits per heavy atom. The molecule has 0 N–H and O–H groups in total. The van der Waals surface area contributed by atoms with Gasteiger partial charge in [0.05, 0.1) is 5.38 Å². The van der Waals surface area contributed by atoms with Crippen LogP contribution in [0.2, 0.25) is 0 Å². The van der Waals surface area contributed by atoms with Crippen LogP contribution in [-0.2, 0) is 0 Å². The third-order valence-electron chi connectivity index (χ3n) is 3.20. The first-order valence-corrected chi connectivity index (χ1v) is 6.40. The summed E-state index contributed by atoms with van der Waals surface area (Å²) in [5, 5.41) is -0.230. The van der Waals surface area contributed by atoms with Gasteiger partial charge in [0.15, 0.2) is 0 Å². The van der Waals surface area contributed by atoms with Gasteiger partial charge in [0, 0.05) is 0 Å². The van der Waals surface area contributed by atoms with E-state index in [1.165, 1.54) is 23.3 Å². The van der Waals surface area contributed by atoms with Gasteiger partial charge in [-0.2, -0.15) is 0 Å². The Hall–Kier alpha value is -1.34. The highest BCUT2D eigenvalue weighted by Gasteiger charge is 2.15. The number of halogens is 2. The molecular formula is C16H16ClF. The van der Waals surface area contributed by atoms with E-state index in [0.717, 1.165) is 16.7 Å². The average Bonchev–Trinajstić information content (AvgIpc) is 2.28. The summed E-state index contributed by atoms with van der Waals surface area (Å²) in [7, 11) is 0. The Balaban J connectivity index is 2.44. The average molecular weight is 263 g/mol. The molecule has 2 aromatic rings. The molecule has 0 nitrogen and oxygen atoms in total. The number of alkyl halides is 1. The fourth-order valence-corrected chi connectivity index (χ4v) is 2.69. The van der Waals surface area contributed by atoms with Gasteiger partial charge in [-0.3, -0.25) is 0 Å². The van der Waals surface area contributed by atoms with Crippen LogP contribution in [0.3, 0.4) is 0 Å². The molecule has 94 valence electrons. The number of hydrogen-bond donors (Lipinski definition) is 0. The lowest BCUT2D eigenvalue weighted by Crippen LogP contribution is -1.99. The standard InChI is InChI=1S/C16H16ClF/c1-10-4-6-14(11(2)8-10)16(17)15-7-5-13(18)9-12(15)3/h4-9,16H,1-3H3. The van der Waals surface area contributed by atoms with Crippen molar-refractivity contribution in [1.82, 2.24) is 0 Å². The number of hydrogen-bond acceptors (Lipinski definition) is 0.